The van der Waals surface area contributed by atoms with Crippen LogP contribution < -0.4 is 5.32 Å². The Balaban J connectivity index is 2.00. The lowest BCUT2D eigenvalue weighted by atomic mass is 10.2. The molecule has 1 saturated heterocycles. The van der Waals surface area contributed by atoms with Crippen molar-refractivity contribution >= 4 is 28.3 Å². The maximum absolute atomic E-state index is 12.4. The molecule has 21 heavy (non-hydrogen) atoms. The monoisotopic (exact) mass is 310 g/mol. The van der Waals surface area contributed by atoms with Crippen LogP contribution in [0.25, 0.3) is 0 Å². The van der Waals surface area contributed by atoms with E-state index in [1.165, 1.54) is 11.3 Å². The van der Waals surface area contributed by atoms with Gasteiger partial charge in [0.25, 0.3) is 0 Å². The molecule has 1 atom stereocenters. The molecule has 1 aromatic rings. The average Bonchev–Trinajstić information content (AvgIpc) is 2.79. The molecule has 1 aromatic heterocycles. The van der Waals surface area contributed by atoms with Crippen LogP contribution in [-0.4, -0.2) is 52.4 Å². The first-order valence-electron chi connectivity index (χ1n) is 7.21. The molecule has 2 heterocycles. The average molecular weight is 310 g/mol. The van der Waals surface area contributed by atoms with E-state index in [0.717, 1.165) is 22.1 Å². The predicted octanol–water partition coefficient (Wildman–Crippen LogP) is 2.10. The normalized spacial score (nSPS) is 18.8. The molecule has 1 N–H and O–H groups in total. The number of nitrogens with zero attached hydrogens (tertiary/aromatic N) is 3. The second kappa shape index (κ2) is 6.43. The SMILES string of the molecule is CCc1nc(C)c(NC(=O)N2CCN(C(C)=O)CC2C)s1. The van der Waals surface area contributed by atoms with E-state index in [9.17, 15) is 9.59 Å². The van der Waals surface area contributed by atoms with Gasteiger partial charge in [-0.1, -0.05) is 6.92 Å². The zero-order valence-corrected chi connectivity index (χ0v) is 13.8. The van der Waals surface area contributed by atoms with Gasteiger partial charge in [-0.3, -0.25) is 10.1 Å². The lowest BCUT2D eigenvalue weighted by Crippen LogP contribution is -2.56. The molecule has 0 aliphatic carbocycles. The number of hydrogen-bond acceptors (Lipinski definition) is 4. The van der Waals surface area contributed by atoms with Crippen LogP contribution in [-0.2, 0) is 11.2 Å². The number of aromatic nitrogens is 1. The highest BCUT2D eigenvalue weighted by molar-refractivity contribution is 7.16. The number of carbonyl (C=O) groups excluding carboxylic acids is 2. The van der Waals surface area contributed by atoms with Crippen LogP contribution in [0.1, 0.15) is 31.5 Å². The highest BCUT2D eigenvalue weighted by Gasteiger charge is 2.29. The predicted molar refractivity (Wildman–Crippen MR) is 83.7 cm³/mol. The van der Waals surface area contributed by atoms with Crippen molar-refractivity contribution in [2.75, 3.05) is 25.0 Å². The molecule has 2 rings (SSSR count). The number of amides is 3. The Morgan fingerprint density at radius 1 is 1.43 bits per heavy atom. The zero-order chi connectivity index (χ0) is 15.6. The molecule has 0 radical (unpaired) electrons. The molecule has 0 bridgehead atoms. The Bertz CT molecular complexity index is 543. The summed E-state index contributed by atoms with van der Waals surface area (Å²) >= 11 is 1.52. The summed E-state index contributed by atoms with van der Waals surface area (Å²) in [5, 5.41) is 4.79. The molecule has 6 nitrogen and oxygen atoms in total. The Morgan fingerprint density at radius 2 is 2.14 bits per heavy atom. The van der Waals surface area contributed by atoms with Crippen LogP contribution in [0.5, 0.6) is 0 Å². The topological polar surface area (TPSA) is 65.5 Å². The van der Waals surface area contributed by atoms with Crippen LogP contribution in [0, 0.1) is 6.92 Å². The van der Waals surface area contributed by atoms with Gasteiger partial charge >= 0.3 is 6.03 Å². The third kappa shape index (κ3) is 3.53. The minimum Gasteiger partial charge on any atom is -0.339 e. The first-order chi connectivity index (χ1) is 9.92. The molecule has 3 amide bonds. The van der Waals surface area contributed by atoms with Crippen LogP contribution in [0.15, 0.2) is 0 Å². The first kappa shape index (κ1) is 15.8. The second-order valence-corrected chi connectivity index (χ2v) is 6.40. The van der Waals surface area contributed by atoms with Crippen LogP contribution in [0.4, 0.5) is 9.80 Å². The van der Waals surface area contributed by atoms with Crippen LogP contribution in [0.2, 0.25) is 0 Å². The van der Waals surface area contributed by atoms with Gasteiger partial charge in [0.2, 0.25) is 5.91 Å². The number of nitrogens with one attached hydrogen (secondary N) is 1. The number of thiazole rings is 1. The molecule has 0 spiro atoms. The van der Waals surface area contributed by atoms with Crippen molar-refractivity contribution in [2.45, 2.75) is 40.2 Å². The maximum atomic E-state index is 12.4. The van der Waals surface area contributed by atoms with E-state index in [1.807, 2.05) is 20.8 Å². The summed E-state index contributed by atoms with van der Waals surface area (Å²) in [4.78, 5) is 31.8. The van der Waals surface area contributed by atoms with Crippen molar-refractivity contribution in [1.29, 1.82) is 0 Å². The van der Waals surface area contributed by atoms with Gasteiger partial charge in [-0.25, -0.2) is 9.78 Å². The van der Waals surface area contributed by atoms with Gasteiger partial charge in [-0.05, 0) is 20.3 Å². The summed E-state index contributed by atoms with van der Waals surface area (Å²) in [5.74, 6) is 0.0628. The second-order valence-electron chi connectivity index (χ2n) is 5.31. The lowest BCUT2D eigenvalue weighted by molar-refractivity contribution is -0.131. The summed E-state index contributed by atoms with van der Waals surface area (Å²) in [7, 11) is 0. The Labute approximate surface area is 129 Å². The van der Waals surface area contributed by atoms with Gasteiger partial charge in [0, 0.05) is 32.6 Å². The molecule has 0 saturated carbocycles. The van der Waals surface area contributed by atoms with Crippen molar-refractivity contribution in [3.63, 3.8) is 0 Å². The van der Waals surface area contributed by atoms with Crippen LogP contribution in [0.3, 0.4) is 0 Å². The van der Waals surface area contributed by atoms with Gasteiger partial charge in [0.15, 0.2) is 0 Å². The fraction of sp³-hybridized carbons (Fsp3) is 0.643. The Kier molecular flexibility index (Phi) is 4.82. The summed E-state index contributed by atoms with van der Waals surface area (Å²) < 4.78 is 0. The zero-order valence-electron chi connectivity index (χ0n) is 13.0. The van der Waals surface area contributed by atoms with Gasteiger partial charge in [0.05, 0.1) is 10.7 Å². The van der Waals surface area contributed by atoms with Crippen molar-refractivity contribution in [3.8, 4) is 0 Å². The van der Waals surface area contributed by atoms with E-state index in [-0.39, 0.29) is 18.0 Å². The number of aryl methyl sites for hydroxylation is 2. The Morgan fingerprint density at radius 3 is 2.67 bits per heavy atom. The molecule has 0 aromatic carbocycles. The third-order valence-electron chi connectivity index (χ3n) is 3.70. The third-order valence-corrected chi connectivity index (χ3v) is 4.91. The van der Waals surface area contributed by atoms with E-state index in [2.05, 4.69) is 10.3 Å². The molecule has 1 unspecified atom stereocenters. The van der Waals surface area contributed by atoms with Crippen molar-refractivity contribution in [3.05, 3.63) is 10.7 Å². The fourth-order valence-electron chi connectivity index (χ4n) is 2.43. The molecule has 1 aliphatic rings. The summed E-state index contributed by atoms with van der Waals surface area (Å²) in [6.45, 7) is 9.22. The highest BCUT2D eigenvalue weighted by atomic mass is 32.1. The summed E-state index contributed by atoms with van der Waals surface area (Å²) in [6, 6.07) is -0.0957. The Hall–Kier alpha value is -1.63. The minimum absolute atomic E-state index is 0.0153. The van der Waals surface area contributed by atoms with E-state index in [4.69, 9.17) is 0 Å². The number of piperazine rings is 1. The lowest BCUT2D eigenvalue weighted by Gasteiger charge is -2.39. The highest BCUT2D eigenvalue weighted by Crippen LogP contribution is 2.25. The number of urea groups is 1. The van der Waals surface area contributed by atoms with E-state index >= 15 is 0 Å². The molecular weight excluding hydrogens is 288 g/mol. The molecule has 1 aliphatic heterocycles. The minimum atomic E-state index is -0.111. The number of carbonyl (C=O) groups is 2. The van der Waals surface area contributed by atoms with Gasteiger partial charge in [0.1, 0.15) is 5.00 Å². The number of hydrogen-bond donors (Lipinski definition) is 1. The van der Waals surface area contributed by atoms with Gasteiger partial charge in [-0.15, -0.1) is 11.3 Å². The van der Waals surface area contributed by atoms with Crippen molar-refractivity contribution in [1.82, 2.24) is 14.8 Å². The summed E-state index contributed by atoms with van der Waals surface area (Å²) in [5.41, 5.74) is 0.861. The van der Waals surface area contributed by atoms with Crippen molar-refractivity contribution in [2.24, 2.45) is 0 Å². The first-order valence-corrected chi connectivity index (χ1v) is 8.03. The molecule has 7 heteroatoms. The maximum Gasteiger partial charge on any atom is 0.322 e. The molecule has 116 valence electrons. The standard InChI is InChI=1S/C14H22N4O2S/c1-5-12-15-10(3)13(21-12)16-14(20)18-7-6-17(11(4)19)8-9(18)2/h9H,5-8H2,1-4H3,(H,16,20). The largest absolute Gasteiger partial charge is 0.339 e. The van der Waals surface area contributed by atoms with E-state index < -0.39 is 0 Å². The molecule has 1 fully saturated rings. The number of anilines is 1. The van der Waals surface area contributed by atoms with Crippen molar-refractivity contribution < 1.29 is 9.59 Å². The fourth-order valence-corrected chi connectivity index (χ4v) is 3.33. The van der Waals surface area contributed by atoms with Crippen LogP contribution >= 0.6 is 11.3 Å². The van der Waals surface area contributed by atoms with Gasteiger partial charge in [-0.2, -0.15) is 0 Å². The molecular formula is C14H22N4O2S. The number of rotatable bonds is 2. The van der Waals surface area contributed by atoms with Gasteiger partial charge < -0.3 is 9.80 Å². The smallest absolute Gasteiger partial charge is 0.322 e. The van der Waals surface area contributed by atoms with E-state index in [1.54, 1.807) is 16.7 Å². The quantitative estimate of drug-likeness (QED) is 0.909. The van der Waals surface area contributed by atoms with E-state index in [0.29, 0.717) is 19.6 Å². The summed E-state index contributed by atoms with van der Waals surface area (Å²) in [6.07, 6.45) is 0.870.